The van der Waals surface area contributed by atoms with E-state index in [1.807, 2.05) is 12.4 Å². The molecule has 0 atom stereocenters. The molecule has 2 aromatic heterocycles. The predicted octanol–water partition coefficient (Wildman–Crippen LogP) is 3.36. The van der Waals surface area contributed by atoms with E-state index in [1.54, 1.807) is 18.4 Å². The Morgan fingerprint density at radius 3 is 3.17 bits per heavy atom. The molecule has 0 aliphatic rings. The summed E-state index contributed by atoms with van der Waals surface area (Å²) in [7, 11) is 1.72. The zero-order valence-corrected chi connectivity index (χ0v) is 12.6. The number of rotatable bonds is 7. The summed E-state index contributed by atoms with van der Waals surface area (Å²) in [6.45, 7) is 2.50. The Balaban J connectivity index is 1.87. The number of aromatic nitrogens is 2. The number of anilines is 1. The van der Waals surface area contributed by atoms with Crippen molar-refractivity contribution in [2.24, 2.45) is 0 Å². The lowest BCUT2D eigenvalue weighted by Gasteiger charge is -2.08. The van der Waals surface area contributed by atoms with Gasteiger partial charge in [-0.2, -0.15) is 0 Å². The molecule has 98 valence electrons. The van der Waals surface area contributed by atoms with Gasteiger partial charge in [-0.25, -0.2) is 4.98 Å². The molecule has 0 amide bonds. The number of nitrogens with one attached hydrogen (secondary N) is 1. The average molecular weight is 330 g/mol. The van der Waals surface area contributed by atoms with Crippen molar-refractivity contribution in [3.8, 4) is 0 Å². The van der Waals surface area contributed by atoms with Gasteiger partial charge in [-0.05, 0) is 28.4 Å². The van der Waals surface area contributed by atoms with Gasteiger partial charge < -0.3 is 14.6 Å². The van der Waals surface area contributed by atoms with Gasteiger partial charge in [-0.3, -0.25) is 0 Å². The SMILES string of the molecule is COCCCn1ccnc1NCc1cc(Br)cs1. The van der Waals surface area contributed by atoms with Gasteiger partial charge >= 0.3 is 0 Å². The topological polar surface area (TPSA) is 39.1 Å². The molecule has 0 bridgehead atoms. The second kappa shape index (κ2) is 6.92. The number of methoxy groups -OCH3 is 1. The summed E-state index contributed by atoms with van der Waals surface area (Å²) in [6.07, 6.45) is 4.80. The fourth-order valence-corrected chi connectivity index (χ4v) is 3.04. The average Bonchev–Trinajstić information content (AvgIpc) is 2.96. The molecule has 0 aliphatic heterocycles. The minimum Gasteiger partial charge on any atom is -0.385 e. The van der Waals surface area contributed by atoms with Crippen LogP contribution in [0.1, 0.15) is 11.3 Å². The maximum absolute atomic E-state index is 5.05. The lowest BCUT2D eigenvalue weighted by molar-refractivity contribution is 0.190. The molecule has 4 nitrogen and oxygen atoms in total. The number of imidazole rings is 1. The first-order valence-corrected chi connectivity index (χ1v) is 7.43. The summed E-state index contributed by atoms with van der Waals surface area (Å²) < 4.78 is 8.30. The number of ether oxygens (including phenoxy) is 1. The maximum Gasteiger partial charge on any atom is 0.203 e. The van der Waals surface area contributed by atoms with Crippen LogP contribution in [-0.4, -0.2) is 23.3 Å². The summed E-state index contributed by atoms with van der Waals surface area (Å²) in [4.78, 5) is 5.61. The highest BCUT2D eigenvalue weighted by Gasteiger charge is 2.03. The van der Waals surface area contributed by atoms with E-state index in [2.05, 4.69) is 42.2 Å². The van der Waals surface area contributed by atoms with Crippen LogP contribution in [-0.2, 0) is 17.8 Å². The Labute approximate surface area is 119 Å². The number of hydrogen-bond acceptors (Lipinski definition) is 4. The fourth-order valence-electron chi connectivity index (χ4n) is 1.65. The first-order valence-electron chi connectivity index (χ1n) is 5.76. The van der Waals surface area contributed by atoms with E-state index in [-0.39, 0.29) is 0 Å². The normalized spacial score (nSPS) is 10.8. The Hall–Kier alpha value is -0.850. The number of thiophene rings is 1. The van der Waals surface area contributed by atoms with Gasteiger partial charge in [0.15, 0.2) is 0 Å². The molecule has 6 heteroatoms. The quantitative estimate of drug-likeness (QED) is 0.791. The van der Waals surface area contributed by atoms with Crippen LogP contribution in [0.2, 0.25) is 0 Å². The summed E-state index contributed by atoms with van der Waals surface area (Å²) in [5.41, 5.74) is 0. The summed E-state index contributed by atoms with van der Waals surface area (Å²) in [6, 6.07) is 2.12. The second-order valence-electron chi connectivity index (χ2n) is 3.88. The molecule has 0 spiro atoms. The number of halogens is 1. The van der Waals surface area contributed by atoms with Gasteiger partial charge in [0, 0.05) is 47.4 Å². The molecule has 2 rings (SSSR count). The highest BCUT2D eigenvalue weighted by atomic mass is 79.9. The van der Waals surface area contributed by atoms with Crippen LogP contribution in [0.15, 0.2) is 28.3 Å². The van der Waals surface area contributed by atoms with Crippen molar-refractivity contribution in [1.29, 1.82) is 0 Å². The van der Waals surface area contributed by atoms with Crippen molar-refractivity contribution in [3.05, 3.63) is 33.2 Å². The van der Waals surface area contributed by atoms with Gasteiger partial charge in [0.05, 0.1) is 6.54 Å². The molecule has 0 saturated heterocycles. The van der Waals surface area contributed by atoms with E-state index in [0.29, 0.717) is 0 Å². The van der Waals surface area contributed by atoms with E-state index in [4.69, 9.17) is 4.74 Å². The molecule has 18 heavy (non-hydrogen) atoms. The maximum atomic E-state index is 5.05. The third-order valence-corrected chi connectivity index (χ3v) is 4.20. The van der Waals surface area contributed by atoms with Crippen molar-refractivity contribution in [2.75, 3.05) is 19.0 Å². The zero-order chi connectivity index (χ0) is 12.8. The lowest BCUT2D eigenvalue weighted by atomic mass is 10.4. The predicted molar refractivity (Wildman–Crippen MR) is 78.1 cm³/mol. The molecule has 1 N–H and O–H groups in total. The van der Waals surface area contributed by atoms with Crippen LogP contribution in [0.4, 0.5) is 5.95 Å². The minimum atomic E-state index is 0.773. The molecule has 0 radical (unpaired) electrons. The smallest absolute Gasteiger partial charge is 0.203 e. The van der Waals surface area contributed by atoms with Crippen LogP contribution in [0, 0.1) is 0 Å². The summed E-state index contributed by atoms with van der Waals surface area (Å²) in [5, 5.41) is 5.44. The van der Waals surface area contributed by atoms with Crippen molar-refractivity contribution in [1.82, 2.24) is 9.55 Å². The van der Waals surface area contributed by atoms with Crippen molar-refractivity contribution in [3.63, 3.8) is 0 Å². The highest BCUT2D eigenvalue weighted by molar-refractivity contribution is 9.10. The highest BCUT2D eigenvalue weighted by Crippen LogP contribution is 2.20. The Morgan fingerprint density at radius 2 is 2.44 bits per heavy atom. The van der Waals surface area contributed by atoms with Gasteiger partial charge in [-0.1, -0.05) is 0 Å². The molecule has 0 aromatic carbocycles. The summed E-state index contributed by atoms with van der Waals surface area (Å²) >= 11 is 5.19. The van der Waals surface area contributed by atoms with Crippen LogP contribution in [0.25, 0.3) is 0 Å². The van der Waals surface area contributed by atoms with Crippen molar-refractivity contribution in [2.45, 2.75) is 19.5 Å². The van der Waals surface area contributed by atoms with E-state index in [1.165, 1.54) is 4.88 Å². The number of nitrogens with zero attached hydrogens (tertiary/aromatic N) is 2. The largest absolute Gasteiger partial charge is 0.385 e. The molecule has 0 fully saturated rings. The monoisotopic (exact) mass is 329 g/mol. The third kappa shape index (κ3) is 3.83. The van der Waals surface area contributed by atoms with E-state index in [0.717, 1.165) is 36.5 Å². The van der Waals surface area contributed by atoms with E-state index < -0.39 is 0 Å². The molecule has 0 unspecified atom stereocenters. The molecular weight excluding hydrogens is 314 g/mol. The number of aryl methyl sites for hydroxylation is 1. The first-order chi connectivity index (χ1) is 8.79. The van der Waals surface area contributed by atoms with Crippen molar-refractivity contribution >= 4 is 33.2 Å². The van der Waals surface area contributed by atoms with Crippen LogP contribution in [0.5, 0.6) is 0 Å². The molecule has 0 saturated carbocycles. The molecule has 2 heterocycles. The summed E-state index contributed by atoms with van der Waals surface area (Å²) in [5.74, 6) is 0.913. The van der Waals surface area contributed by atoms with Crippen LogP contribution in [0.3, 0.4) is 0 Å². The van der Waals surface area contributed by atoms with Gasteiger partial charge in [0.2, 0.25) is 5.95 Å². The minimum absolute atomic E-state index is 0.773. The van der Waals surface area contributed by atoms with E-state index >= 15 is 0 Å². The number of hydrogen-bond donors (Lipinski definition) is 1. The molecule has 2 aromatic rings. The second-order valence-corrected chi connectivity index (χ2v) is 5.79. The van der Waals surface area contributed by atoms with Crippen LogP contribution >= 0.6 is 27.3 Å². The first kappa shape index (κ1) is 13.6. The molecular formula is C12H16BrN3OS. The van der Waals surface area contributed by atoms with Gasteiger partial charge in [0.1, 0.15) is 0 Å². The molecule has 0 aliphatic carbocycles. The fraction of sp³-hybridized carbons (Fsp3) is 0.417. The Bertz CT molecular complexity index is 483. The van der Waals surface area contributed by atoms with Crippen LogP contribution < -0.4 is 5.32 Å². The van der Waals surface area contributed by atoms with Gasteiger partial charge in [-0.15, -0.1) is 11.3 Å². The standard InChI is InChI=1S/C12H16BrN3OS/c1-17-6-2-4-16-5-3-14-12(16)15-8-11-7-10(13)9-18-11/h3,5,7,9H,2,4,6,8H2,1H3,(H,14,15). The Morgan fingerprint density at radius 1 is 1.56 bits per heavy atom. The Kier molecular flexibility index (Phi) is 5.22. The lowest BCUT2D eigenvalue weighted by Crippen LogP contribution is -2.08. The zero-order valence-electron chi connectivity index (χ0n) is 10.2. The third-order valence-electron chi connectivity index (χ3n) is 2.51. The van der Waals surface area contributed by atoms with Crippen molar-refractivity contribution < 1.29 is 4.74 Å². The van der Waals surface area contributed by atoms with E-state index in [9.17, 15) is 0 Å². The van der Waals surface area contributed by atoms with Gasteiger partial charge in [0.25, 0.3) is 0 Å².